The molecule has 8 heteroatoms. The molecule has 0 aliphatic carbocycles. The molecule has 0 bridgehead atoms. The smallest absolute Gasteiger partial charge is 0.207 e. The van der Waals surface area contributed by atoms with Crippen LogP contribution in [0.25, 0.3) is 0 Å². The van der Waals surface area contributed by atoms with Crippen molar-refractivity contribution >= 4 is 65.1 Å². The van der Waals surface area contributed by atoms with E-state index >= 15 is 0 Å². The highest BCUT2D eigenvalue weighted by molar-refractivity contribution is 9.10. The van der Waals surface area contributed by atoms with Gasteiger partial charge in [-0.1, -0.05) is 67.2 Å². The van der Waals surface area contributed by atoms with Gasteiger partial charge in [-0.3, -0.25) is 0 Å². The third kappa shape index (κ3) is 4.43. The van der Waals surface area contributed by atoms with Gasteiger partial charge in [0, 0.05) is 15.5 Å². The Morgan fingerprint density at radius 2 is 1.48 bits per heavy atom. The number of nitrogens with one attached hydrogen (secondary N) is 1. The van der Waals surface area contributed by atoms with Crippen LogP contribution in [0, 0.1) is 0 Å². The van der Waals surface area contributed by atoms with E-state index < -0.39 is 10.0 Å². The summed E-state index contributed by atoms with van der Waals surface area (Å²) in [6.07, 6.45) is 0. The first-order valence-electron chi connectivity index (χ1n) is 5.68. The first kappa shape index (κ1) is 17.2. The van der Waals surface area contributed by atoms with Crippen LogP contribution in [0.1, 0.15) is 5.56 Å². The zero-order valence-electron chi connectivity index (χ0n) is 10.4. The summed E-state index contributed by atoms with van der Waals surface area (Å²) in [7, 11) is -3.79. The van der Waals surface area contributed by atoms with E-state index in [9.17, 15) is 8.42 Å². The second kappa shape index (κ2) is 6.98. The Labute approximate surface area is 150 Å². The first-order chi connectivity index (χ1) is 9.79. The number of hydrogen-bond donors (Lipinski definition) is 1. The lowest BCUT2D eigenvalue weighted by atomic mass is 10.2. The average Bonchev–Trinajstić information content (AvgIpc) is 2.36. The molecule has 0 atom stereocenters. The normalized spacial score (nSPS) is 11.6. The predicted octanol–water partition coefficient (Wildman–Crippen LogP) is 5.00. The molecule has 0 amide bonds. The summed E-state index contributed by atoms with van der Waals surface area (Å²) in [5.41, 5.74) is 0.825. The lowest BCUT2D eigenvalue weighted by molar-refractivity contribution is 0.581. The Bertz CT molecular complexity index is 741. The van der Waals surface area contributed by atoms with Gasteiger partial charge >= 0.3 is 0 Å². The molecular weight excluding hydrogens is 465 g/mol. The number of sulfonamides is 1. The SMILES string of the molecule is O=S(=O)(NCc1ccc(Br)cc1)c1c(Cl)cc(Br)cc1Cl. The predicted molar refractivity (Wildman–Crippen MR) is 92.3 cm³/mol. The van der Waals surface area contributed by atoms with Crippen molar-refractivity contribution in [2.45, 2.75) is 11.4 Å². The quantitative estimate of drug-likeness (QED) is 0.679. The molecule has 2 aromatic carbocycles. The fourth-order valence-electron chi connectivity index (χ4n) is 1.64. The fraction of sp³-hybridized carbons (Fsp3) is 0.0769. The first-order valence-corrected chi connectivity index (χ1v) is 9.51. The van der Waals surface area contributed by atoms with Crippen molar-refractivity contribution in [3.8, 4) is 0 Å². The largest absolute Gasteiger partial charge is 0.243 e. The van der Waals surface area contributed by atoms with Crippen LogP contribution >= 0.6 is 55.1 Å². The summed E-state index contributed by atoms with van der Waals surface area (Å²) in [6, 6.07) is 10.3. The summed E-state index contributed by atoms with van der Waals surface area (Å²) >= 11 is 18.5. The maximum atomic E-state index is 12.3. The molecule has 0 aromatic heterocycles. The minimum atomic E-state index is -3.79. The highest BCUT2D eigenvalue weighted by Crippen LogP contribution is 2.32. The van der Waals surface area contributed by atoms with Crippen LogP contribution in [0.4, 0.5) is 0 Å². The molecule has 0 spiro atoms. The second-order valence-electron chi connectivity index (χ2n) is 4.15. The summed E-state index contributed by atoms with van der Waals surface area (Å²) in [5, 5.41) is 0.135. The van der Waals surface area contributed by atoms with E-state index in [-0.39, 0.29) is 21.5 Å². The van der Waals surface area contributed by atoms with Crippen LogP contribution in [0.3, 0.4) is 0 Å². The lowest BCUT2D eigenvalue weighted by Crippen LogP contribution is -2.23. The van der Waals surface area contributed by atoms with Gasteiger partial charge in [0.2, 0.25) is 10.0 Å². The van der Waals surface area contributed by atoms with Crippen molar-refractivity contribution in [2.75, 3.05) is 0 Å². The van der Waals surface area contributed by atoms with Crippen LogP contribution in [-0.2, 0) is 16.6 Å². The van der Waals surface area contributed by atoms with Crippen LogP contribution < -0.4 is 4.72 Å². The van der Waals surface area contributed by atoms with E-state index in [2.05, 4.69) is 36.6 Å². The standard InChI is InChI=1S/C13H9Br2Cl2NO2S/c14-9-3-1-8(2-4-9)7-18-21(19,20)13-11(16)5-10(15)6-12(13)17/h1-6,18H,7H2. The summed E-state index contributed by atoms with van der Waals surface area (Å²) in [4.78, 5) is -0.119. The molecule has 2 rings (SSSR count). The zero-order chi connectivity index (χ0) is 15.6. The van der Waals surface area contributed by atoms with Gasteiger partial charge in [0.15, 0.2) is 0 Å². The molecule has 21 heavy (non-hydrogen) atoms. The Morgan fingerprint density at radius 3 is 2.00 bits per heavy atom. The minimum Gasteiger partial charge on any atom is -0.207 e. The van der Waals surface area contributed by atoms with Crippen molar-refractivity contribution in [2.24, 2.45) is 0 Å². The van der Waals surface area contributed by atoms with Gasteiger partial charge in [-0.05, 0) is 29.8 Å². The zero-order valence-corrected chi connectivity index (χ0v) is 15.9. The van der Waals surface area contributed by atoms with Gasteiger partial charge in [0.05, 0.1) is 10.0 Å². The summed E-state index contributed by atoms with van der Waals surface area (Å²) < 4.78 is 28.7. The molecule has 0 saturated carbocycles. The molecule has 3 nitrogen and oxygen atoms in total. The van der Waals surface area contributed by atoms with Crippen molar-refractivity contribution < 1.29 is 8.42 Å². The Balaban J connectivity index is 2.25. The number of rotatable bonds is 4. The van der Waals surface area contributed by atoms with Gasteiger partial charge in [-0.25, -0.2) is 13.1 Å². The van der Waals surface area contributed by atoms with Crippen molar-refractivity contribution in [1.82, 2.24) is 4.72 Å². The topological polar surface area (TPSA) is 46.2 Å². The third-order valence-electron chi connectivity index (χ3n) is 2.61. The Morgan fingerprint density at radius 1 is 0.952 bits per heavy atom. The van der Waals surface area contributed by atoms with Crippen molar-refractivity contribution in [3.63, 3.8) is 0 Å². The molecule has 1 N–H and O–H groups in total. The van der Waals surface area contributed by atoms with E-state index in [1.54, 1.807) is 0 Å². The van der Waals surface area contributed by atoms with E-state index in [1.165, 1.54) is 12.1 Å². The van der Waals surface area contributed by atoms with Crippen LogP contribution in [-0.4, -0.2) is 8.42 Å². The van der Waals surface area contributed by atoms with E-state index in [1.807, 2.05) is 24.3 Å². The second-order valence-corrected chi connectivity index (χ2v) is 8.50. The monoisotopic (exact) mass is 471 g/mol. The average molecular weight is 474 g/mol. The summed E-state index contributed by atoms with van der Waals surface area (Å²) in [6.45, 7) is 0.151. The molecule has 0 unspecified atom stereocenters. The van der Waals surface area contributed by atoms with Gasteiger partial charge in [0.1, 0.15) is 4.90 Å². The lowest BCUT2D eigenvalue weighted by Gasteiger charge is -2.10. The van der Waals surface area contributed by atoms with Gasteiger partial charge in [-0.15, -0.1) is 0 Å². The number of benzene rings is 2. The maximum absolute atomic E-state index is 12.3. The fourth-order valence-corrected chi connectivity index (χ4v) is 4.85. The molecule has 0 radical (unpaired) electrons. The van der Waals surface area contributed by atoms with E-state index in [4.69, 9.17) is 23.2 Å². The molecule has 0 aliphatic heterocycles. The van der Waals surface area contributed by atoms with Crippen LogP contribution in [0.2, 0.25) is 10.0 Å². The Kier molecular flexibility index (Phi) is 5.73. The molecular formula is C13H9Br2Cl2NO2S. The summed E-state index contributed by atoms with van der Waals surface area (Å²) in [5.74, 6) is 0. The van der Waals surface area contributed by atoms with Crippen LogP contribution in [0.15, 0.2) is 50.2 Å². The highest BCUT2D eigenvalue weighted by atomic mass is 79.9. The molecule has 0 saturated heterocycles. The van der Waals surface area contributed by atoms with Gasteiger partial charge in [-0.2, -0.15) is 0 Å². The maximum Gasteiger partial charge on any atom is 0.243 e. The highest BCUT2D eigenvalue weighted by Gasteiger charge is 2.22. The molecule has 2 aromatic rings. The van der Waals surface area contributed by atoms with Gasteiger partial charge < -0.3 is 0 Å². The van der Waals surface area contributed by atoms with E-state index in [0.717, 1.165) is 10.0 Å². The third-order valence-corrected chi connectivity index (χ3v) is 5.92. The van der Waals surface area contributed by atoms with Crippen LogP contribution in [0.5, 0.6) is 0 Å². The number of halogens is 4. The molecule has 0 fully saturated rings. The molecule has 0 aliphatic rings. The van der Waals surface area contributed by atoms with E-state index in [0.29, 0.717) is 4.47 Å². The molecule has 112 valence electrons. The van der Waals surface area contributed by atoms with Gasteiger partial charge in [0.25, 0.3) is 0 Å². The van der Waals surface area contributed by atoms with Crippen molar-refractivity contribution in [3.05, 3.63) is 61.0 Å². The minimum absolute atomic E-state index is 0.0673. The Hall–Kier alpha value is -0.110. The number of hydrogen-bond acceptors (Lipinski definition) is 2. The van der Waals surface area contributed by atoms with Crippen molar-refractivity contribution in [1.29, 1.82) is 0 Å². The molecule has 0 heterocycles.